The maximum absolute atomic E-state index is 13.6. The Labute approximate surface area is 209 Å². The zero-order chi connectivity index (χ0) is 25.2. The predicted octanol–water partition coefficient (Wildman–Crippen LogP) is 5.15. The molecular weight excluding hydrogens is 461 g/mol. The Balaban J connectivity index is 1.53. The van der Waals surface area contributed by atoms with Crippen molar-refractivity contribution in [3.8, 4) is 5.75 Å². The molecule has 0 radical (unpaired) electrons. The highest BCUT2D eigenvalue weighted by Crippen LogP contribution is 2.34. The largest absolute Gasteiger partial charge is 0.507 e. The number of halogens is 1. The van der Waals surface area contributed by atoms with Crippen molar-refractivity contribution >= 4 is 27.1 Å². The van der Waals surface area contributed by atoms with Crippen molar-refractivity contribution in [2.75, 3.05) is 13.1 Å². The topological polar surface area (TPSA) is 59.0 Å². The number of phenolic OH excluding ortho intramolecular Hbond substituents is 1. The van der Waals surface area contributed by atoms with Crippen LogP contribution in [0.3, 0.4) is 0 Å². The van der Waals surface area contributed by atoms with Crippen LogP contribution in [0.15, 0.2) is 60.7 Å². The molecule has 1 saturated heterocycles. The molecule has 35 heavy (non-hydrogen) atoms. The van der Waals surface area contributed by atoms with Gasteiger partial charge in [-0.1, -0.05) is 43.3 Å². The molecule has 3 unspecified atom stereocenters. The summed E-state index contributed by atoms with van der Waals surface area (Å²) in [6.45, 7) is 7.20. The molecule has 3 aromatic carbocycles. The van der Waals surface area contributed by atoms with Gasteiger partial charge in [0.1, 0.15) is 17.2 Å². The summed E-state index contributed by atoms with van der Waals surface area (Å²) in [5.74, 6) is -0.0531. The molecule has 0 saturated carbocycles. The van der Waals surface area contributed by atoms with Gasteiger partial charge in [-0.3, -0.25) is 0 Å². The van der Waals surface area contributed by atoms with E-state index in [0.29, 0.717) is 25.1 Å². The number of fused-ring (bicyclic) bond motifs is 1. The molecule has 0 aromatic heterocycles. The first kappa shape index (κ1) is 25.2. The number of ether oxygens (including phenoxy) is 2. The Hall–Kier alpha value is -2.90. The third kappa shape index (κ3) is 5.85. The quantitative estimate of drug-likeness (QED) is 0.481. The normalized spacial score (nSPS) is 19.6. The standard InChI is InChI=1S/C28H34FNO4Si/c1-18(35)28(2,3)34-27(32)30-13-12-24(20-8-10-22(29)11-9-20)26(16-30)33-17-19-14-21-6-4-5-7-23(21)25(31)15-19/h4-11,14-15,18,24,26,31H,12-13,16-17H2,1-3,35H3. The highest BCUT2D eigenvalue weighted by atomic mass is 28.1. The van der Waals surface area contributed by atoms with Crippen LogP contribution in [-0.2, 0) is 16.1 Å². The third-order valence-electron chi connectivity index (χ3n) is 7.22. The Morgan fingerprint density at radius 3 is 2.63 bits per heavy atom. The first-order chi connectivity index (χ1) is 16.6. The number of carbonyl (C=O) groups is 1. The van der Waals surface area contributed by atoms with E-state index in [1.165, 1.54) is 12.1 Å². The van der Waals surface area contributed by atoms with E-state index in [0.717, 1.165) is 32.1 Å². The number of phenols is 1. The van der Waals surface area contributed by atoms with Crippen LogP contribution in [0.25, 0.3) is 10.8 Å². The van der Waals surface area contributed by atoms with Gasteiger partial charge in [-0.05, 0) is 66.6 Å². The first-order valence-electron chi connectivity index (χ1n) is 12.2. The van der Waals surface area contributed by atoms with Gasteiger partial charge in [0.15, 0.2) is 0 Å². The number of aromatic hydroxyl groups is 1. The smallest absolute Gasteiger partial charge is 0.410 e. The van der Waals surface area contributed by atoms with Crippen molar-refractivity contribution in [3.63, 3.8) is 0 Å². The van der Waals surface area contributed by atoms with Crippen molar-refractivity contribution in [1.29, 1.82) is 0 Å². The monoisotopic (exact) mass is 495 g/mol. The second kappa shape index (κ2) is 10.4. The number of amides is 1. The summed E-state index contributed by atoms with van der Waals surface area (Å²) in [7, 11) is 0.929. The minimum Gasteiger partial charge on any atom is -0.507 e. The molecule has 1 N–H and O–H groups in total. The maximum atomic E-state index is 13.6. The summed E-state index contributed by atoms with van der Waals surface area (Å²) in [6.07, 6.45) is 0.0599. The van der Waals surface area contributed by atoms with E-state index in [-0.39, 0.29) is 36.3 Å². The summed E-state index contributed by atoms with van der Waals surface area (Å²) < 4.78 is 25.8. The van der Waals surface area contributed by atoms with Gasteiger partial charge in [0.05, 0.1) is 19.3 Å². The Kier molecular flexibility index (Phi) is 7.47. The van der Waals surface area contributed by atoms with Gasteiger partial charge >= 0.3 is 6.09 Å². The fourth-order valence-corrected chi connectivity index (χ4v) is 4.51. The summed E-state index contributed by atoms with van der Waals surface area (Å²) >= 11 is 0. The average Bonchev–Trinajstić information content (AvgIpc) is 2.83. The number of likely N-dealkylation sites (tertiary alicyclic amines) is 1. The lowest BCUT2D eigenvalue weighted by atomic mass is 9.87. The van der Waals surface area contributed by atoms with Crippen LogP contribution in [0.2, 0.25) is 5.54 Å². The fourth-order valence-electron chi connectivity index (χ4n) is 4.39. The lowest BCUT2D eigenvalue weighted by Gasteiger charge is -2.40. The number of piperidine rings is 1. The molecule has 1 amide bonds. The maximum Gasteiger partial charge on any atom is 0.410 e. The molecule has 3 aromatic rings. The summed E-state index contributed by atoms with van der Waals surface area (Å²) in [5.41, 5.74) is 1.63. The Bertz CT molecular complexity index is 1180. The van der Waals surface area contributed by atoms with E-state index in [9.17, 15) is 14.3 Å². The summed E-state index contributed by atoms with van der Waals surface area (Å²) in [5, 5.41) is 12.2. The number of carbonyl (C=O) groups excluding carboxylic acids is 1. The molecule has 3 atom stereocenters. The summed E-state index contributed by atoms with van der Waals surface area (Å²) in [6, 6.07) is 17.9. The first-order valence-corrected chi connectivity index (χ1v) is 13.3. The van der Waals surface area contributed by atoms with E-state index < -0.39 is 5.60 Å². The van der Waals surface area contributed by atoms with Gasteiger partial charge in [-0.25, -0.2) is 9.18 Å². The molecule has 186 valence electrons. The molecule has 0 bridgehead atoms. The lowest BCUT2D eigenvalue weighted by molar-refractivity contribution is -0.0393. The second-order valence-electron chi connectivity index (χ2n) is 10.2. The van der Waals surface area contributed by atoms with Crippen LogP contribution < -0.4 is 0 Å². The fraction of sp³-hybridized carbons (Fsp3) is 0.393. The van der Waals surface area contributed by atoms with Crippen molar-refractivity contribution in [2.45, 2.75) is 57.0 Å². The van der Waals surface area contributed by atoms with Crippen LogP contribution in [0.1, 0.15) is 44.2 Å². The van der Waals surface area contributed by atoms with Gasteiger partial charge in [-0.2, -0.15) is 0 Å². The minimum atomic E-state index is -0.518. The van der Waals surface area contributed by atoms with Crippen LogP contribution in [0.4, 0.5) is 9.18 Å². The molecule has 1 aliphatic rings. The second-order valence-corrected chi connectivity index (χ2v) is 11.9. The average molecular weight is 496 g/mol. The molecule has 7 heteroatoms. The van der Waals surface area contributed by atoms with E-state index in [4.69, 9.17) is 9.47 Å². The third-order valence-corrected chi connectivity index (χ3v) is 8.61. The highest BCUT2D eigenvalue weighted by molar-refractivity contribution is 6.12. The predicted molar refractivity (Wildman–Crippen MR) is 139 cm³/mol. The molecule has 0 aliphatic carbocycles. The van der Waals surface area contributed by atoms with E-state index in [2.05, 4.69) is 6.92 Å². The van der Waals surface area contributed by atoms with Crippen molar-refractivity contribution in [1.82, 2.24) is 4.90 Å². The van der Waals surface area contributed by atoms with Gasteiger partial charge < -0.3 is 19.5 Å². The van der Waals surface area contributed by atoms with Crippen LogP contribution in [-0.4, -0.2) is 51.1 Å². The number of nitrogens with zero attached hydrogens (tertiary/aromatic N) is 1. The zero-order valence-electron chi connectivity index (χ0n) is 20.8. The van der Waals surface area contributed by atoms with Crippen molar-refractivity contribution in [3.05, 3.63) is 77.6 Å². The number of hydrogen-bond acceptors (Lipinski definition) is 4. The van der Waals surface area contributed by atoms with Gasteiger partial charge in [0.25, 0.3) is 0 Å². The molecule has 0 spiro atoms. The van der Waals surface area contributed by atoms with Gasteiger partial charge in [-0.15, -0.1) is 0 Å². The molecular formula is C28H34FNO4Si. The van der Waals surface area contributed by atoms with E-state index >= 15 is 0 Å². The molecule has 1 aliphatic heterocycles. The summed E-state index contributed by atoms with van der Waals surface area (Å²) in [4.78, 5) is 14.7. The number of benzene rings is 3. The van der Waals surface area contributed by atoms with Crippen LogP contribution in [0, 0.1) is 5.82 Å². The van der Waals surface area contributed by atoms with Crippen LogP contribution >= 0.6 is 0 Å². The van der Waals surface area contributed by atoms with E-state index in [1.807, 2.05) is 44.2 Å². The molecule has 1 fully saturated rings. The van der Waals surface area contributed by atoms with Gasteiger partial charge in [0.2, 0.25) is 0 Å². The molecule has 1 heterocycles. The highest BCUT2D eigenvalue weighted by Gasteiger charge is 2.36. The van der Waals surface area contributed by atoms with Crippen molar-refractivity contribution < 1.29 is 23.8 Å². The SMILES string of the molecule is CC([SiH3])C(C)(C)OC(=O)N1CCC(c2ccc(F)cc2)C(OCc2cc(O)c3ccccc3c2)C1. The zero-order valence-corrected chi connectivity index (χ0v) is 22.8. The van der Waals surface area contributed by atoms with E-state index in [1.54, 1.807) is 23.1 Å². The van der Waals surface area contributed by atoms with Gasteiger partial charge in [0, 0.05) is 28.1 Å². The number of hydrogen-bond donors (Lipinski definition) is 1. The van der Waals surface area contributed by atoms with Crippen LogP contribution in [0.5, 0.6) is 5.75 Å². The molecule has 5 nitrogen and oxygen atoms in total. The Morgan fingerprint density at radius 1 is 1.20 bits per heavy atom. The Morgan fingerprint density at radius 2 is 1.91 bits per heavy atom. The lowest BCUT2D eigenvalue weighted by Crippen LogP contribution is -2.49. The minimum absolute atomic E-state index is 0.0132. The molecule has 4 rings (SSSR count). The number of rotatable bonds is 6. The van der Waals surface area contributed by atoms with Crippen molar-refractivity contribution in [2.24, 2.45) is 0 Å².